The highest BCUT2D eigenvalue weighted by Crippen LogP contribution is 2.42. The molecule has 3 aromatic rings. The number of fused-ring (bicyclic) bond motifs is 6. The summed E-state index contributed by atoms with van der Waals surface area (Å²) in [6.07, 6.45) is 7.76. The lowest BCUT2D eigenvalue weighted by molar-refractivity contribution is 0.0410. The van der Waals surface area contributed by atoms with Gasteiger partial charge in [-0.15, -0.1) is 0 Å². The summed E-state index contributed by atoms with van der Waals surface area (Å²) in [6, 6.07) is 11.5. The molecule has 1 aromatic carbocycles. The average Bonchev–Trinajstić information content (AvgIpc) is 3.23. The van der Waals surface area contributed by atoms with Gasteiger partial charge in [-0.05, 0) is 37.3 Å². The van der Waals surface area contributed by atoms with Gasteiger partial charge in [0.2, 0.25) is 5.72 Å². The first kappa shape index (κ1) is 15.4. The van der Waals surface area contributed by atoms with Gasteiger partial charge in [0.1, 0.15) is 11.5 Å². The van der Waals surface area contributed by atoms with Crippen LogP contribution in [-0.4, -0.2) is 10.3 Å². The minimum atomic E-state index is -0.627. The molecule has 0 spiro atoms. The van der Waals surface area contributed by atoms with E-state index in [9.17, 15) is 4.79 Å². The Hall–Kier alpha value is -2.86. The van der Waals surface area contributed by atoms with Crippen molar-refractivity contribution in [1.82, 2.24) is 4.57 Å². The minimum Gasteiger partial charge on any atom is -0.466 e. The van der Waals surface area contributed by atoms with Crippen molar-refractivity contribution >= 4 is 23.5 Å². The van der Waals surface area contributed by atoms with E-state index in [1.54, 1.807) is 10.8 Å². The molecule has 2 aliphatic rings. The van der Waals surface area contributed by atoms with Crippen LogP contribution in [0.5, 0.6) is 5.75 Å². The Bertz CT molecular complexity index is 1190. The Kier molecular flexibility index (Phi) is 3.30. The van der Waals surface area contributed by atoms with Gasteiger partial charge >= 0.3 is 0 Å². The molecule has 130 valence electrons. The average molecular weight is 364 g/mol. The molecule has 0 aliphatic carbocycles. The van der Waals surface area contributed by atoms with Crippen LogP contribution in [0.1, 0.15) is 30.7 Å². The lowest BCUT2D eigenvalue weighted by Crippen LogP contribution is -2.49. The van der Waals surface area contributed by atoms with Crippen LogP contribution in [0.15, 0.2) is 62.9 Å². The first-order valence-corrected chi connectivity index (χ1v) is 9.26. The number of rotatable bonds is 2. The van der Waals surface area contributed by atoms with Gasteiger partial charge in [-0.1, -0.05) is 35.6 Å². The predicted octanol–water partition coefficient (Wildman–Crippen LogP) is 2.72. The molecule has 2 aliphatic heterocycles. The van der Waals surface area contributed by atoms with E-state index in [1.165, 1.54) is 11.3 Å². The molecule has 2 bridgehead atoms. The van der Waals surface area contributed by atoms with Crippen LogP contribution in [0.4, 0.5) is 0 Å². The zero-order valence-corrected chi connectivity index (χ0v) is 14.9. The maximum absolute atomic E-state index is 13.0. The number of para-hydroxylation sites is 1. The van der Waals surface area contributed by atoms with Gasteiger partial charge in [-0.3, -0.25) is 9.36 Å². The zero-order chi connectivity index (χ0) is 17.7. The molecule has 6 heteroatoms. The van der Waals surface area contributed by atoms with Crippen LogP contribution in [0.3, 0.4) is 0 Å². The molecule has 0 N–H and O–H groups in total. The lowest BCUT2D eigenvalue weighted by atomic mass is 9.93. The molecule has 0 fully saturated rings. The molecular formula is C20H16N2O3S. The van der Waals surface area contributed by atoms with Crippen LogP contribution in [-0.2, 0) is 0 Å². The van der Waals surface area contributed by atoms with E-state index in [0.717, 1.165) is 17.1 Å². The summed E-state index contributed by atoms with van der Waals surface area (Å²) in [6.45, 7) is 1.98. The second kappa shape index (κ2) is 5.57. The monoisotopic (exact) mass is 364 g/mol. The molecule has 0 saturated carbocycles. The van der Waals surface area contributed by atoms with Crippen LogP contribution in [0.25, 0.3) is 12.2 Å². The van der Waals surface area contributed by atoms with Crippen molar-refractivity contribution < 1.29 is 9.15 Å². The fraction of sp³-hybridized carbons (Fsp3) is 0.200. The van der Waals surface area contributed by atoms with Gasteiger partial charge in [-0.25, -0.2) is 4.99 Å². The summed E-state index contributed by atoms with van der Waals surface area (Å²) in [7, 11) is 0. The summed E-state index contributed by atoms with van der Waals surface area (Å²) in [5.41, 5.74) is 0.401. The van der Waals surface area contributed by atoms with E-state index in [2.05, 4.69) is 0 Å². The quantitative estimate of drug-likeness (QED) is 0.703. The second-order valence-electron chi connectivity index (χ2n) is 6.61. The van der Waals surface area contributed by atoms with E-state index in [0.29, 0.717) is 15.8 Å². The second-order valence-corrected chi connectivity index (χ2v) is 7.62. The third-order valence-corrected chi connectivity index (χ3v) is 5.71. The molecule has 4 heterocycles. The Morgan fingerprint density at radius 1 is 1.31 bits per heavy atom. The van der Waals surface area contributed by atoms with E-state index in [-0.39, 0.29) is 11.6 Å². The molecule has 5 rings (SSSR count). The van der Waals surface area contributed by atoms with Crippen LogP contribution >= 0.6 is 11.3 Å². The number of thiazole rings is 1. The fourth-order valence-corrected chi connectivity index (χ4v) is 4.64. The number of nitrogens with zero attached hydrogens (tertiary/aromatic N) is 2. The third-order valence-electron chi connectivity index (χ3n) is 4.71. The van der Waals surface area contributed by atoms with Crippen molar-refractivity contribution in [2.24, 2.45) is 4.99 Å². The van der Waals surface area contributed by atoms with Crippen molar-refractivity contribution in [1.29, 1.82) is 0 Å². The summed E-state index contributed by atoms with van der Waals surface area (Å²) in [4.78, 5) is 18.4. The molecule has 2 atom stereocenters. The molecule has 26 heavy (non-hydrogen) atoms. The van der Waals surface area contributed by atoms with Gasteiger partial charge in [0.15, 0.2) is 4.80 Å². The van der Waals surface area contributed by atoms with Gasteiger partial charge in [-0.2, -0.15) is 0 Å². The van der Waals surface area contributed by atoms with Gasteiger partial charge in [0, 0.05) is 12.0 Å². The fourth-order valence-electron chi connectivity index (χ4n) is 3.57. The molecule has 0 unspecified atom stereocenters. The minimum absolute atomic E-state index is 0.0124. The zero-order valence-electron chi connectivity index (χ0n) is 14.1. The Balaban J connectivity index is 1.66. The van der Waals surface area contributed by atoms with Crippen molar-refractivity contribution in [2.75, 3.05) is 0 Å². The molecule has 0 saturated heterocycles. The van der Waals surface area contributed by atoms with E-state index < -0.39 is 5.72 Å². The number of allylic oxidation sites excluding steroid dienone is 1. The van der Waals surface area contributed by atoms with Gasteiger partial charge in [0.25, 0.3) is 5.56 Å². The van der Waals surface area contributed by atoms with Gasteiger partial charge in [0.05, 0.1) is 16.8 Å². The molecular weight excluding hydrogens is 348 g/mol. The summed E-state index contributed by atoms with van der Waals surface area (Å²) < 4.78 is 13.8. The predicted molar refractivity (Wildman–Crippen MR) is 99.8 cm³/mol. The van der Waals surface area contributed by atoms with E-state index >= 15 is 0 Å². The van der Waals surface area contributed by atoms with Crippen molar-refractivity contribution in [3.63, 3.8) is 0 Å². The maximum Gasteiger partial charge on any atom is 0.270 e. The van der Waals surface area contributed by atoms with Crippen molar-refractivity contribution in [3.8, 4) is 5.75 Å². The molecule has 5 nitrogen and oxygen atoms in total. The Morgan fingerprint density at radius 3 is 3.04 bits per heavy atom. The lowest BCUT2D eigenvalue weighted by Gasteiger charge is -2.39. The normalized spacial score (nSPS) is 24.0. The number of hydrogen-bond acceptors (Lipinski definition) is 5. The highest BCUT2D eigenvalue weighted by molar-refractivity contribution is 7.07. The number of hydrogen-bond donors (Lipinski definition) is 0. The SMILES string of the molecule is C[C@@]12C[C@H](c3ccccc3O1)n1c(s/c(=C\C=C\c3ccco3)c1=O)=N2. The number of ether oxygens (including phenoxy) is 1. The van der Waals surface area contributed by atoms with Crippen molar-refractivity contribution in [2.45, 2.75) is 25.1 Å². The summed E-state index contributed by atoms with van der Waals surface area (Å²) >= 11 is 1.40. The van der Waals surface area contributed by atoms with Crippen molar-refractivity contribution in [3.05, 3.63) is 79.7 Å². The largest absolute Gasteiger partial charge is 0.466 e. The summed E-state index contributed by atoms with van der Waals surface area (Å²) in [5, 5.41) is 0. The topological polar surface area (TPSA) is 56.7 Å². The van der Waals surface area contributed by atoms with Crippen LogP contribution in [0.2, 0.25) is 0 Å². The molecule has 2 aromatic heterocycles. The van der Waals surface area contributed by atoms with Crippen LogP contribution < -0.4 is 19.6 Å². The number of aromatic nitrogens is 1. The number of furan rings is 1. The molecule has 0 amide bonds. The summed E-state index contributed by atoms with van der Waals surface area (Å²) in [5.74, 6) is 1.56. The van der Waals surface area contributed by atoms with E-state index in [4.69, 9.17) is 14.1 Å². The van der Waals surface area contributed by atoms with E-state index in [1.807, 2.05) is 61.5 Å². The number of benzene rings is 1. The maximum atomic E-state index is 13.0. The smallest absolute Gasteiger partial charge is 0.270 e. The highest BCUT2D eigenvalue weighted by Gasteiger charge is 2.42. The standard InChI is InChI=1S/C20H16N2O3S/c1-20-12-15(14-8-2-3-9-16(14)25-20)22-18(23)17(26-19(22)21-20)10-4-6-13-7-5-11-24-13/h2-11,15H,12H2,1H3/b6-4+,17-10-/t15-,20+/m1/s1. The van der Waals surface area contributed by atoms with Gasteiger partial charge < -0.3 is 9.15 Å². The Morgan fingerprint density at radius 2 is 2.19 bits per heavy atom. The van der Waals surface area contributed by atoms with Crippen LogP contribution in [0, 0.1) is 0 Å². The highest BCUT2D eigenvalue weighted by atomic mass is 32.1. The molecule has 0 radical (unpaired) electrons. The first-order valence-electron chi connectivity index (χ1n) is 8.44. The first-order chi connectivity index (χ1) is 12.6. The Labute approximate surface area is 153 Å². The third kappa shape index (κ3) is 2.37.